The molecule has 5 nitrogen and oxygen atoms in total. The van der Waals surface area contributed by atoms with Crippen LogP contribution in [0.1, 0.15) is 42.5 Å². The number of aliphatic hydroxyl groups excluding tert-OH is 1. The molecule has 1 amide bonds. The minimum Gasteiger partial charge on any atom is -0.395 e. The lowest BCUT2D eigenvalue weighted by atomic mass is 10.0. The second-order valence-electron chi connectivity index (χ2n) is 6.25. The van der Waals surface area contributed by atoms with E-state index in [9.17, 15) is 4.79 Å². The Morgan fingerprint density at radius 1 is 1.33 bits per heavy atom. The van der Waals surface area contributed by atoms with E-state index in [2.05, 4.69) is 10.3 Å². The van der Waals surface area contributed by atoms with Crippen molar-refractivity contribution in [1.29, 1.82) is 0 Å². The summed E-state index contributed by atoms with van der Waals surface area (Å²) in [7, 11) is 0. The molecule has 2 N–H and O–H groups in total. The Morgan fingerprint density at radius 3 is 2.96 bits per heavy atom. The molecule has 0 saturated heterocycles. The van der Waals surface area contributed by atoms with Gasteiger partial charge in [-0.3, -0.25) is 4.79 Å². The molecule has 1 aromatic carbocycles. The summed E-state index contributed by atoms with van der Waals surface area (Å²) in [6, 6.07) is 5.53. The maximum atomic E-state index is 12.3. The Bertz CT molecular complexity index is 680. The van der Waals surface area contributed by atoms with Gasteiger partial charge in [0, 0.05) is 29.7 Å². The summed E-state index contributed by atoms with van der Waals surface area (Å²) in [5, 5.41) is 12.8. The summed E-state index contributed by atoms with van der Waals surface area (Å²) in [6.45, 7) is 1.30. The fourth-order valence-corrected chi connectivity index (χ4v) is 4.43. The Labute approximate surface area is 146 Å². The molecule has 3 rings (SSSR count). The minimum atomic E-state index is -0.0437. The van der Waals surface area contributed by atoms with Gasteiger partial charge in [-0.15, -0.1) is 0 Å². The van der Waals surface area contributed by atoms with Gasteiger partial charge in [0.2, 0.25) is 0 Å². The molecule has 0 atom stereocenters. The fourth-order valence-electron chi connectivity index (χ4n) is 3.21. The van der Waals surface area contributed by atoms with E-state index in [1.165, 1.54) is 32.1 Å². The highest BCUT2D eigenvalue weighted by molar-refractivity contribution is 7.99. The molecule has 1 fully saturated rings. The zero-order valence-electron chi connectivity index (χ0n) is 13.9. The molecule has 0 spiro atoms. The number of rotatable bonds is 7. The van der Waals surface area contributed by atoms with Gasteiger partial charge in [-0.1, -0.05) is 19.3 Å². The molecule has 0 unspecified atom stereocenters. The standard InChI is InChI=1S/C18H25N3O2S/c22-10-9-21-13-20-16-12-14(6-7-17(16)21)18(23)19-8-11-24-15-4-2-1-3-5-15/h6-7,12-13,15,22H,1-5,8-11H2,(H,19,23). The Hall–Kier alpha value is -1.53. The van der Waals surface area contributed by atoms with Gasteiger partial charge in [-0.2, -0.15) is 11.8 Å². The van der Waals surface area contributed by atoms with Crippen LogP contribution in [0.25, 0.3) is 11.0 Å². The molecule has 0 bridgehead atoms. The van der Waals surface area contributed by atoms with E-state index in [1.807, 2.05) is 34.5 Å². The summed E-state index contributed by atoms with van der Waals surface area (Å²) >= 11 is 1.99. The number of imidazole rings is 1. The number of benzene rings is 1. The quantitative estimate of drug-likeness (QED) is 0.756. The smallest absolute Gasteiger partial charge is 0.251 e. The average Bonchev–Trinajstić information content (AvgIpc) is 3.02. The van der Waals surface area contributed by atoms with E-state index in [-0.39, 0.29) is 12.5 Å². The van der Waals surface area contributed by atoms with Crippen molar-refractivity contribution in [1.82, 2.24) is 14.9 Å². The van der Waals surface area contributed by atoms with Crippen LogP contribution < -0.4 is 5.32 Å². The summed E-state index contributed by atoms with van der Waals surface area (Å²) in [5.74, 6) is 0.932. The molecular weight excluding hydrogens is 322 g/mol. The lowest BCUT2D eigenvalue weighted by molar-refractivity contribution is 0.0956. The van der Waals surface area contributed by atoms with E-state index in [0.29, 0.717) is 18.7 Å². The number of aliphatic hydroxyl groups is 1. The summed E-state index contributed by atoms with van der Waals surface area (Å²) < 4.78 is 1.89. The zero-order chi connectivity index (χ0) is 16.8. The molecule has 1 aromatic heterocycles. The SMILES string of the molecule is O=C(NCCSC1CCCCC1)c1ccc2c(c1)ncn2CCO. The summed E-state index contributed by atoms with van der Waals surface area (Å²) in [4.78, 5) is 16.6. The molecular formula is C18H25N3O2S. The minimum absolute atomic E-state index is 0.0437. The van der Waals surface area contributed by atoms with Gasteiger partial charge in [0.25, 0.3) is 5.91 Å². The third-order valence-electron chi connectivity index (χ3n) is 4.52. The van der Waals surface area contributed by atoms with Crippen molar-refractivity contribution in [2.24, 2.45) is 0 Å². The van der Waals surface area contributed by atoms with Crippen LogP contribution in [0.4, 0.5) is 0 Å². The van der Waals surface area contributed by atoms with E-state index in [4.69, 9.17) is 5.11 Å². The normalized spacial score (nSPS) is 15.7. The Balaban J connectivity index is 1.50. The Morgan fingerprint density at radius 2 is 2.17 bits per heavy atom. The maximum Gasteiger partial charge on any atom is 0.251 e. The van der Waals surface area contributed by atoms with Gasteiger partial charge in [-0.05, 0) is 31.0 Å². The lowest BCUT2D eigenvalue weighted by Gasteiger charge is -2.20. The van der Waals surface area contributed by atoms with Crippen molar-refractivity contribution in [3.63, 3.8) is 0 Å². The van der Waals surface area contributed by atoms with E-state index in [0.717, 1.165) is 22.0 Å². The van der Waals surface area contributed by atoms with Crippen molar-refractivity contribution < 1.29 is 9.90 Å². The first-order valence-electron chi connectivity index (χ1n) is 8.73. The number of carbonyl (C=O) groups excluding carboxylic acids is 1. The second kappa shape index (κ2) is 8.53. The average molecular weight is 347 g/mol. The number of nitrogens with one attached hydrogen (secondary N) is 1. The highest BCUT2D eigenvalue weighted by atomic mass is 32.2. The van der Waals surface area contributed by atoms with Gasteiger partial charge < -0.3 is 15.0 Å². The predicted molar refractivity (Wildman–Crippen MR) is 98.5 cm³/mol. The molecule has 6 heteroatoms. The predicted octanol–water partition coefficient (Wildman–Crippen LogP) is 2.82. The first-order chi connectivity index (χ1) is 11.8. The first-order valence-corrected chi connectivity index (χ1v) is 9.78. The van der Waals surface area contributed by atoms with Crippen LogP contribution in [0.5, 0.6) is 0 Å². The second-order valence-corrected chi connectivity index (χ2v) is 7.66. The van der Waals surface area contributed by atoms with Gasteiger partial charge in [0.05, 0.1) is 24.0 Å². The molecule has 1 aliphatic rings. The van der Waals surface area contributed by atoms with Crippen molar-refractivity contribution in [2.45, 2.75) is 43.9 Å². The third-order valence-corrected chi connectivity index (χ3v) is 5.90. The highest BCUT2D eigenvalue weighted by Crippen LogP contribution is 2.27. The van der Waals surface area contributed by atoms with Gasteiger partial charge in [0.1, 0.15) is 0 Å². The van der Waals surface area contributed by atoms with Gasteiger partial charge in [0.15, 0.2) is 0 Å². The molecule has 1 aliphatic carbocycles. The van der Waals surface area contributed by atoms with Gasteiger partial charge >= 0.3 is 0 Å². The van der Waals surface area contributed by atoms with E-state index < -0.39 is 0 Å². The van der Waals surface area contributed by atoms with Crippen molar-refractivity contribution in [3.8, 4) is 0 Å². The molecule has 1 heterocycles. The van der Waals surface area contributed by atoms with Crippen molar-refractivity contribution in [2.75, 3.05) is 18.9 Å². The molecule has 0 radical (unpaired) electrons. The number of nitrogens with zero attached hydrogens (tertiary/aromatic N) is 2. The van der Waals surface area contributed by atoms with Crippen LogP contribution in [0.2, 0.25) is 0 Å². The van der Waals surface area contributed by atoms with Crippen LogP contribution in [0.15, 0.2) is 24.5 Å². The largest absolute Gasteiger partial charge is 0.395 e. The molecule has 2 aromatic rings. The molecule has 130 valence electrons. The summed E-state index contributed by atoms with van der Waals surface area (Å²) in [6.07, 6.45) is 8.44. The maximum absolute atomic E-state index is 12.3. The van der Waals surface area contributed by atoms with E-state index in [1.54, 1.807) is 6.33 Å². The lowest BCUT2D eigenvalue weighted by Crippen LogP contribution is -2.26. The van der Waals surface area contributed by atoms with Gasteiger partial charge in [-0.25, -0.2) is 4.98 Å². The number of fused-ring (bicyclic) bond motifs is 1. The molecule has 24 heavy (non-hydrogen) atoms. The molecule has 0 aliphatic heterocycles. The van der Waals surface area contributed by atoms with Crippen LogP contribution in [0.3, 0.4) is 0 Å². The fraction of sp³-hybridized carbons (Fsp3) is 0.556. The highest BCUT2D eigenvalue weighted by Gasteiger charge is 2.14. The number of hydrogen-bond acceptors (Lipinski definition) is 4. The monoisotopic (exact) mass is 347 g/mol. The number of aromatic nitrogens is 2. The number of carbonyl (C=O) groups is 1. The van der Waals surface area contributed by atoms with Crippen LogP contribution in [0, 0.1) is 0 Å². The number of amides is 1. The van der Waals surface area contributed by atoms with Crippen LogP contribution >= 0.6 is 11.8 Å². The van der Waals surface area contributed by atoms with Crippen LogP contribution in [-0.2, 0) is 6.54 Å². The van der Waals surface area contributed by atoms with Crippen molar-refractivity contribution >= 4 is 28.7 Å². The first kappa shape index (κ1) is 17.3. The molecule has 1 saturated carbocycles. The zero-order valence-corrected chi connectivity index (χ0v) is 14.7. The topological polar surface area (TPSA) is 67.2 Å². The number of hydrogen-bond donors (Lipinski definition) is 2. The number of thioether (sulfide) groups is 1. The van der Waals surface area contributed by atoms with E-state index >= 15 is 0 Å². The van der Waals surface area contributed by atoms with Crippen LogP contribution in [-0.4, -0.2) is 44.7 Å². The Kier molecular flexibility index (Phi) is 6.15. The van der Waals surface area contributed by atoms with Crippen molar-refractivity contribution in [3.05, 3.63) is 30.1 Å². The summed E-state index contributed by atoms with van der Waals surface area (Å²) in [5.41, 5.74) is 2.36. The third kappa shape index (κ3) is 4.30.